The van der Waals surface area contributed by atoms with E-state index in [0.29, 0.717) is 5.75 Å². The molecule has 1 aliphatic heterocycles. The van der Waals surface area contributed by atoms with Crippen molar-refractivity contribution in [3.8, 4) is 5.75 Å². The Labute approximate surface area is 108 Å². The van der Waals surface area contributed by atoms with Crippen molar-refractivity contribution in [2.75, 3.05) is 10.6 Å². The van der Waals surface area contributed by atoms with Gasteiger partial charge in [0.15, 0.2) is 0 Å². The predicted octanol–water partition coefficient (Wildman–Crippen LogP) is 2.86. The first-order chi connectivity index (χ1) is 8.49. The summed E-state index contributed by atoms with van der Waals surface area (Å²) in [5.41, 5.74) is 1.66. The highest BCUT2D eigenvalue weighted by molar-refractivity contribution is 5.99. The number of fused-ring (bicyclic) bond motifs is 1. The van der Waals surface area contributed by atoms with Crippen molar-refractivity contribution in [3.05, 3.63) is 18.2 Å². The van der Waals surface area contributed by atoms with E-state index in [1.807, 2.05) is 45.9 Å². The van der Waals surface area contributed by atoms with Gasteiger partial charge in [0.05, 0.1) is 17.7 Å². The Balaban J connectivity index is 2.40. The molecule has 2 rings (SSSR count). The second kappa shape index (κ2) is 4.88. The molecular formula is C14H20N2O2. The summed E-state index contributed by atoms with van der Waals surface area (Å²) in [4.78, 5) is 12.0. The van der Waals surface area contributed by atoms with Crippen LogP contribution in [0.4, 0.5) is 11.4 Å². The van der Waals surface area contributed by atoms with E-state index in [0.717, 1.165) is 11.4 Å². The van der Waals surface area contributed by atoms with Gasteiger partial charge in [-0.25, -0.2) is 0 Å². The zero-order chi connectivity index (χ0) is 13.3. The molecule has 1 amide bonds. The topological polar surface area (TPSA) is 50.4 Å². The average molecular weight is 248 g/mol. The third-order valence-corrected chi connectivity index (χ3v) is 3.18. The summed E-state index contributed by atoms with van der Waals surface area (Å²) < 4.78 is 5.73. The highest BCUT2D eigenvalue weighted by atomic mass is 16.5. The zero-order valence-electron chi connectivity index (χ0n) is 11.3. The first-order valence-corrected chi connectivity index (χ1v) is 6.36. The van der Waals surface area contributed by atoms with Crippen molar-refractivity contribution in [2.45, 2.75) is 39.8 Å². The number of carbonyl (C=O) groups is 1. The van der Waals surface area contributed by atoms with Crippen molar-refractivity contribution in [1.82, 2.24) is 0 Å². The molecule has 0 saturated heterocycles. The Morgan fingerprint density at radius 1 is 1.28 bits per heavy atom. The Bertz CT molecular complexity index is 457. The average Bonchev–Trinajstić information content (AvgIpc) is 2.40. The fraction of sp³-hybridized carbons (Fsp3) is 0.500. The van der Waals surface area contributed by atoms with Crippen molar-refractivity contribution < 1.29 is 9.53 Å². The highest BCUT2D eigenvalue weighted by Crippen LogP contribution is 2.36. The summed E-state index contributed by atoms with van der Waals surface area (Å²) in [5, 5.41) is 6.30. The number of amides is 1. The molecule has 0 spiro atoms. The van der Waals surface area contributed by atoms with E-state index in [4.69, 9.17) is 4.74 Å². The van der Waals surface area contributed by atoms with Gasteiger partial charge in [-0.05, 0) is 32.9 Å². The van der Waals surface area contributed by atoms with Crippen LogP contribution in [0.25, 0.3) is 0 Å². The minimum atomic E-state index is -0.0794. The van der Waals surface area contributed by atoms with Crippen LogP contribution in [0.3, 0.4) is 0 Å². The van der Waals surface area contributed by atoms with Gasteiger partial charge in [-0.1, -0.05) is 13.0 Å². The molecule has 4 nitrogen and oxygen atoms in total. The standard InChI is InChI=1S/C14H20N2O2/c1-8(2)18-12-7-5-6-11-13(12)16-14(17)9(3)10(4)15-11/h5-10,15H,1-4H3,(H,16,17). The Morgan fingerprint density at radius 2 is 2.00 bits per heavy atom. The lowest BCUT2D eigenvalue weighted by Gasteiger charge is -2.17. The molecule has 1 aliphatic rings. The predicted molar refractivity (Wildman–Crippen MR) is 73.1 cm³/mol. The van der Waals surface area contributed by atoms with E-state index in [1.54, 1.807) is 0 Å². The third kappa shape index (κ3) is 2.42. The van der Waals surface area contributed by atoms with E-state index in [-0.39, 0.29) is 24.0 Å². The van der Waals surface area contributed by atoms with Crippen LogP contribution in [-0.2, 0) is 4.79 Å². The van der Waals surface area contributed by atoms with E-state index >= 15 is 0 Å². The SMILES string of the molecule is CC(C)Oc1cccc2c1NC(=O)C(C)C(C)N2. The zero-order valence-corrected chi connectivity index (χ0v) is 11.3. The van der Waals surface area contributed by atoms with Gasteiger partial charge in [-0.15, -0.1) is 0 Å². The number of anilines is 2. The molecule has 1 aromatic rings. The quantitative estimate of drug-likeness (QED) is 0.846. The Morgan fingerprint density at radius 3 is 2.67 bits per heavy atom. The molecule has 2 N–H and O–H groups in total. The van der Waals surface area contributed by atoms with E-state index in [9.17, 15) is 4.79 Å². The molecule has 0 aliphatic carbocycles. The maximum atomic E-state index is 12.0. The summed E-state index contributed by atoms with van der Waals surface area (Å²) in [6.45, 7) is 7.87. The van der Waals surface area contributed by atoms with Crippen LogP contribution in [0.15, 0.2) is 18.2 Å². The molecule has 0 bridgehead atoms. The lowest BCUT2D eigenvalue weighted by atomic mass is 10.0. The first kappa shape index (κ1) is 12.7. The van der Waals surface area contributed by atoms with Crippen molar-refractivity contribution in [1.29, 1.82) is 0 Å². The molecule has 2 unspecified atom stereocenters. The molecule has 1 aromatic carbocycles. The first-order valence-electron chi connectivity index (χ1n) is 6.36. The Kier molecular flexibility index (Phi) is 3.45. The molecular weight excluding hydrogens is 228 g/mol. The van der Waals surface area contributed by atoms with Gasteiger partial charge in [0.1, 0.15) is 11.4 Å². The van der Waals surface area contributed by atoms with Crippen LogP contribution in [0.1, 0.15) is 27.7 Å². The van der Waals surface area contributed by atoms with Crippen molar-refractivity contribution in [2.24, 2.45) is 5.92 Å². The number of carbonyl (C=O) groups excluding carboxylic acids is 1. The van der Waals surface area contributed by atoms with Gasteiger partial charge >= 0.3 is 0 Å². The fourth-order valence-electron chi connectivity index (χ4n) is 1.97. The monoisotopic (exact) mass is 248 g/mol. The number of benzene rings is 1. The Hall–Kier alpha value is -1.71. The number of para-hydroxylation sites is 1. The van der Waals surface area contributed by atoms with E-state index in [1.165, 1.54) is 0 Å². The van der Waals surface area contributed by atoms with Crippen LogP contribution in [0.2, 0.25) is 0 Å². The fourth-order valence-corrected chi connectivity index (χ4v) is 1.97. The minimum Gasteiger partial charge on any atom is -0.489 e. The van der Waals surface area contributed by atoms with Crippen molar-refractivity contribution >= 4 is 17.3 Å². The second-order valence-corrected chi connectivity index (χ2v) is 5.06. The lowest BCUT2D eigenvalue weighted by Crippen LogP contribution is -2.30. The van der Waals surface area contributed by atoms with Crippen LogP contribution in [-0.4, -0.2) is 18.1 Å². The van der Waals surface area contributed by atoms with Gasteiger partial charge in [-0.2, -0.15) is 0 Å². The van der Waals surface area contributed by atoms with Gasteiger partial charge in [0.2, 0.25) is 5.91 Å². The lowest BCUT2D eigenvalue weighted by molar-refractivity contribution is -0.119. The molecule has 0 fully saturated rings. The number of hydrogen-bond donors (Lipinski definition) is 2. The second-order valence-electron chi connectivity index (χ2n) is 5.06. The van der Waals surface area contributed by atoms with Gasteiger partial charge in [-0.3, -0.25) is 4.79 Å². The van der Waals surface area contributed by atoms with E-state index in [2.05, 4.69) is 10.6 Å². The smallest absolute Gasteiger partial charge is 0.229 e. The number of rotatable bonds is 2. The van der Waals surface area contributed by atoms with Gasteiger partial charge in [0.25, 0.3) is 0 Å². The molecule has 2 atom stereocenters. The molecule has 18 heavy (non-hydrogen) atoms. The molecule has 0 aromatic heterocycles. The summed E-state index contributed by atoms with van der Waals surface area (Å²) in [6.07, 6.45) is 0.0755. The van der Waals surface area contributed by atoms with Crippen LogP contribution in [0, 0.1) is 5.92 Å². The third-order valence-electron chi connectivity index (χ3n) is 3.18. The molecule has 4 heteroatoms. The van der Waals surface area contributed by atoms with Gasteiger partial charge in [0, 0.05) is 6.04 Å². The van der Waals surface area contributed by atoms with Gasteiger partial charge < -0.3 is 15.4 Å². The maximum Gasteiger partial charge on any atom is 0.229 e. The molecule has 0 saturated carbocycles. The summed E-state index contributed by atoms with van der Waals surface area (Å²) in [5.74, 6) is 0.655. The molecule has 98 valence electrons. The normalized spacial score (nSPS) is 22.8. The van der Waals surface area contributed by atoms with E-state index < -0.39 is 0 Å². The van der Waals surface area contributed by atoms with Crippen LogP contribution < -0.4 is 15.4 Å². The number of ether oxygens (including phenoxy) is 1. The van der Waals surface area contributed by atoms with Crippen molar-refractivity contribution in [3.63, 3.8) is 0 Å². The largest absolute Gasteiger partial charge is 0.489 e. The van der Waals surface area contributed by atoms with Crippen LogP contribution >= 0.6 is 0 Å². The number of hydrogen-bond acceptors (Lipinski definition) is 3. The maximum absolute atomic E-state index is 12.0. The highest BCUT2D eigenvalue weighted by Gasteiger charge is 2.27. The summed E-state index contributed by atoms with van der Waals surface area (Å²) in [7, 11) is 0. The number of nitrogens with one attached hydrogen (secondary N) is 2. The minimum absolute atomic E-state index is 0.0218. The molecule has 0 radical (unpaired) electrons. The summed E-state index contributed by atoms with van der Waals surface area (Å²) in [6, 6.07) is 5.86. The molecule has 1 heterocycles. The summed E-state index contributed by atoms with van der Waals surface area (Å²) >= 11 is 0. The van der Waals surface area contributed by atoms with Crippen LogP contribution in [0.5, 0.6) is 5.75 Å².